The summed E-state index contributed by atoms with van der Waals surface area (Å²) in [7, 11) is -3.75. The van der Waals surface area contributed by atoms with Gasteiger partial charge in [-0.25, -0.2) is 13.1 Å². The Balaban J connectivity index is 1.55. The Morgan fingerprint density at radius 1 is 1.17 bits per heavy atom. The average molecular weight is 411 g/mol. The summed E-state index contributed by atoms with van der Waals surface area (Å²) < 4.78 is 32.8. The molecule has 3 aromatic rings. The van der Waals surface area contributed by atoms with Crippen molar-refractivity contribution in [2.45, 2.75) is 31.7 Å². The molecule has 0 bridgehead atoms. The van der Waals surface area contributed by atoms with E-state index in [1.54, 1.807) is 30.9 Å². The van der Waals surface area contributed by atoms with Gasteiger partial charge in [-0.15, -0.1) is 0 Å². The molecule has 150 valence electrons. The van der Waals surface area contributed by atoms with Gasteiger partial charge >= 0.3 is 0 Å². The van der Waals surface area contributed by atoms with Crippen molar-refractivity contribution < 1.29 is 17.7 Å². The van der Waals surface area contributed by atoms with Crippen molar-refractivity contribution in [3.8, 4) is 0 Å². The maximum Gasteiger partial charge on any atom is 0.258 e. The number of benzene rings is 2. The highest BCUT2D eigenvalue weighted by Gasteiger charge is 2.27. The van der Waals surface area contributed by atoms with E-state index in [0.717, 1.165) is 23.2 Å². The summed E-state index contributed by atoms with van der Waals surface area (Å²) in [4.78, 5) is 14.7. The molecule has 0 radical (unpaired) electrons. The molecular weight excluding hydrogens is 390 g/mol. The van der Waals surface area contributed by atoms with Crippen LogP contribution >= 0.6 is 0 Å². The monoisotopic (exact) mass is 411 g/mol. The average Bonchev–Trinajstić information content (AvgIpc) is 3.29. The molecule has 0 atom stereocenters. The van der Waals surface area contributed by atoms with E-state index in [4.69, 9.17) is 4.52 Å². The van der Waals surface area contributed by atoms with Gasteiger partial charge in [-0.3, -0.25) is 4.79 Å². The molecule has 0 aliphatic carbocycles. The highest BCUT2D eigenvalue weighted by molar-refractivity contribution is 7.89. The zero-order chi connectivity index (χ0) is 20.6. The molecule has 0 spiro atoms. The first kappa shape index (κ1) is 19.4. The molecule has 1 N–H and O–H groups in total. The fourth-order valence-corrected chi connectivity index (χ4v) is 4.93. The van der Waals surface area contributed by atoms with Gasteiger partial charge in [0, 0.05) is 24.3 Å². The van der Waals surface area contributed by atoms with Crippen molar-refractivity contribution in [3.05, 3.63) is 76.7 Å². The number of nitrogens with zero attached hydrogens (tertiary/aromatic N) is 2. The fourth-order valence-electron chi connectivity index (χ4n) is 3.59. The molecule has 29 heavy (non-hydrogen) atoms. The lowest BCUT2D eigenvalue weighted by Crippen LogP contribution is -2.29. The molecule has 0 saturated heterocycles. The van der Waals surface area contributed by atoms with Gasteiger partial charge in [0.2, 0.25) is 10.0 Å². The Morgan fingerprint density at radius 3 is 2.62 bits per heavy atom. The smallest absolute Gasteiger partial charge is 0.258 e. The van der Waals surface area contributed by atoms with E-state index in [1.807, 2.05) is 36.4 Å². The van der Waals surface area contributed by atoms with Gasteiger partial charge in [-0.1, -0.05) is 35.5 Å². The molecule has 2 aromatic carbocycles. The van der Waals surface area contributed by atoms with Crippen LogP contribution in [0.2, 0.25) is 0 Å². The number of fused-ring (bicyclic) bond motifs is 1. The third-order valence-electron chi connectivity index (χ3n) is 5.01. The summed E-state index contributed by atoms with van der Waals surface area (Å²) in [5.41, 5.74) is 3.62. The van der Waals surface area contributed by atoms with Gasteiger partial charge in [-0.2, -0.15) is 0 Å². The number of rotatable bonds is 5. The quantitative estimate of drug-likeness (QED) is 0.697. The molecular formula is C21H21N3O4S. The van der Waals surface area contributed by atoms with E-state index in [1.165, 1.54) is 0 Å². The zero-order valence-electron chi connectivity index (χ0n) is 16.2. The summed E-state index contributed by atoms with van der Waals surface area (Å²) in [5, 5.41) is 3.70. The normalized spacial score (nSPS) is 13.5. The molecule has 4 rings (SSSR count). The van der Waals surface area contributed by atoms with Gasteiger partial charge in [0.1, 0.15) is 10.6 Å². The first-order valence-electron chi connectivity index (χ1n) is 9.28. The molecule has 2 heterocycles. The van der Waals surface area contributed by atoms with Crippen molar-refractivity contribution in [2.24, 2.45) is 0 Å². The predicted octanol–water partition coefficient (Wildman–Crippen LogP) is 2.97. The fraction of sp³-hybridized carbons (Fsp3) is 0.238. The second kappa shape index (κ2) is 7.46. The van der Waals surface area contributed by atoms with Crippen LogP contribution in [0, 0.1) is 13.8 Å². The zero-order valence-corrected chi connectivity index (χ0v) is 17.0. The van der Waals surface area contributed by atoms with E-state index < -0.39 is 10.0 Å². The van der Waals surface area contributed by atoms with E-state index >= 15 is 0 Å². The summed E-state index contributed by atoms with van der Waals surface area (Å²) in [6, 6.07) is 14.8. The molecule has 8 heteroatoms. The molecule has 1 aliphatic rings. The largest absolute Gasteiger partial charge is 0.360 e. The van der Waals surface area contributed by atoms with Gasteiger partial charge in [0.05, 0.1) is 0 Å². The van der Waals surface area contributed by atoms with Gasteiger partial charge in [0.15, 0.2) is 5.76 Å². The Hall–Kier alpha value is -2.97. The number of carbonyl (C=O) groups is 1. The Kier molecular flexibility index (Phi) is 4.97. The van der Waals surface area contributed by atoms with Crippen LogP contribution in [0.1, 0.15) is 32.9 Å². The van der Waals surface area contributed by atoms with Crippen molar-refractivity contribution >= 4 is 21.6 Å². The van der Waals surface area contributed by atoms with Crippen LogP contribution < -0.4 is 9.62 Å². The summed E-state index contributed by atoms with van der Waals surface area (Å²) >= 11 is 0. The number of carbonyl (C=O) groups excluding carboxylic acids is 1. The van der Waals surface area contributed by atoms with Crippen LogP contribution in [0.5, 0.6) is 0 Å². The molecule has 7 nitrogen and oxygen atoms in total. The second-order valence-corrected chi connectivity index (χ2v) is 8.72. The topological polar surface area (TPSA) is 92.5 Å². The molecule has 0 saturated carbocycles. The predicted molar refractivity (Wildman–Crippen MR) is 108 cm³/mol. The Labute approximate surface area is 169 Å². The van der Waals surface area contributed by atoms with Crippen LogP contribution in [-0.4, -0.2) is 26.0 Å². The van der Waals surface area contributed by atoms with Gasteiger partial charge in [-0.05, 0) is 49.6 Å². The number of amides is 1. The SMILES string of the molecule is Cc1noc(C)c1S(=O)(=O)NCc1ccc2c(c1)N(C(=O)c1ccccc1)CC2. The molecule has 1 amide bonds. The lowest BCUT2D eigenvalue weighted by atomic mass is 10.1. The first-order chi connectivity index (χ1) is 13.9. The van der Waals surface area contributed by atoms with Crippen molar-refractivity contribution in [1.29, 1.82) is 0 Å². The second-order valence-electron chi connectivity index (χ2n) is 7.01. The number of hydrogen-bond donors (Lipinski definition) is 1. The minimum Gasteiger partial charge on any atom is -0.360 e. The number of aryl methyl sites for hydroxylation is 2. The van der Waals surface area contributed by atoms with E-state index in [9.17, 15) is 13.2 Å². The first-order valence-corrected chi connectivity index (χ1v) is 10.8. The number of aromatic nitrogens is 1. The van der Waals surface area contributed by atoms with E-state index in [0.29, 0.717) is 17.8 Å². The summed E-state index contributed by atoms with van der Waals surface area (Å²) in [5.74, 6) is 0.196. The Bertz CT molecular complexity index is 1150. The lowest BCUT2D eigenvalue weighted by molar-refractivity contribution is 0.0989. The summed E-state index contributed by atoms with van der Waals surface area (Å²) in [6.45, 7) is 3.87. The number of nitrogens with one attached hydrogen (secondary N) is 1. The van der Waals surface area contributed by atoms with Crippen molar-refractivity contribution in [3.63, 3.8) is 0 Å². The highest BCUT2D eigenvalue weighted by atomic mass is 32.2. The van der Waals surface area contributed by atoms with E-state index in [-0.39, 0.29) is 23.1 Å². The minimum atomic E-state index is -3.75. The highest BCUT2D eigenvalue weighted by Crippen LogP contribution is 2.30. The molecule has 0 fully saturated rings. The number of sulfonamides is 1. The molecule has 0 unspecified atom stereocenters. The van der Waals surface area contributed by atoms with E-state index in [2.05, 4.69) is 9.88 Å². The van der Waals surface area contributed by atoms with Crippen LogP contribution in [-0.2, 0) is 23.0 Å². The Morgan fingerprint density at radius 2 is 1.93 bits per heavy atom. The maximum absolute atomic E-state index is 12.9. The van der Waals surface area contributed by atoms with Crippen molar-refractivity contribution in [2.75, 3.05) is 11.4 Å². The van der Waals surface area contributed by atoms with Crippen molar-refractivity contribution in [1.82, 2.24) is 9.88 Å². The number of anilines is 1. The van der Waals surface area contributed by atoms with Crippen LogP contribution in [0.15, 0.2) is 57.9 Å². The third-order valence-corrected chi connectivity index (χ3v) is 6.66. The van der Waals surface area contributed by atoms with Gasteiger partial charge < -0.3 is 9.42 Å². The van der Waals surface area contributed by atoms with Crippen LogP contribution in [0.4, 0.5) is 5.69 Å². The lowest BCUT2D eigenvalue weighted by Gasteiger charge is -2.18. The standard InChI is InChI=1S/C21H21N3O4S/c1-14-20(15(2)28-23-14)29(26,27)22-13-16-8-9-17-10-11-24(19(17)12-16)21(25)18-6-4-3-5-7-18/h3-9,12,22H,10-11,13H2,1-2H3. The number of hydrogen-bond acceptors (Lipinski definition) is 5. The third kappa shape index (κ3) is 3.68. The minimum absolute atomic E-state index is 0.0576. The molecule has 1 aromatic heterocycles. The van der Waals surface area contributed by atoms with Crippen LogP contribution in [0.3, 0.4) is 0 Å². The molecule has 1 aliphatic heterocycles. The maximum atomic E-state index is 12.9. The summed E-state index contributed by atoms with van der Waals surface area (Å²) in [6.07, 6.45) is 0.777. The van der Waals surface area contributed by atoms with Crippen LogP contribution in [0.25, 0.3) is 0 Å². The van der Waals surface area contributed by atoms with Gasteiger partial charge in [0.25, 0.3) is 5.91 Å².